The Kier molecular flexibility index (Phi) is 1.71. The summed E-state index contributed by atoms with van der Waals surface area (Å²) < 4.78 is 28.9. The Bertz CT molecular complexity index is 327. The largest absolute Gasteiger partial charge is 0.328 e. The number of nitrogens with zero attached hydrogens (tertiary/aromatic N) is 1. The Labute approximate surface area is 62.6 Å². The molecule has 0 aliphatic rings. The molecule has 0 fully saturated rings. The Morgan fingerprint density at radius 1 is 1.70 bits per heavy atom. The van der Waals surface area contributed by atoms with Crippen molar-refractivity contribution in [1.82, 2.24) is 9.97 Å². The van der Waals surface area contributed by atoms with Gasteiger partial charge in [-0.05, 0) is 0 Å². The summed E-state index contributed by atoms with van der Waals surface area (Å²) in [6.45, 7) is 0. The van der Waals surface area contributed by atoms with E-state index in [4.69, 9.17) is 4.55 Å². The molecule has 0 unspecified atom stereocenters. The van der Waals surface area contributed by atoms with Crippen LogP contribution in [0.15, 0.2) is 16.4 Å². The van der Waals surface area contributed by atoms with Gasteiger partial charge in [0, 0.05) is 0 Å². The van der Waals surface area contributed by atoms with Gasteiger partial charge in [0.25, 0.3) is 5.16 Å². The van der Waals surface area contributed by atoms with Crippen molar-refractivity contribution < 1.29 is 13.0 Å². The lowest BCUT2D eigenvalue weighted by molar-refractivity contribution is 0.475. The van der Waals surface area contributed by atoms with Gasteiger partial charge in [0.1, 0.15) is 0 Å². The molecule has 10 heavy (non-hydrogen) atoms. The highest BCUT2D eigenvalue weighted by Crippen LogP contribution is 2.05. The molecule has 7 heteroatoms. The summed E-state index contributed by atoms with van der Waals surface area (Å²) in [7, 11) is -4.20. The van der Waals surface area contributed by atoms with Crippen LogP contribution in [-0.4, -0.2) is 22.9 Å². The van der Waals surface area contributed by atoms with Crippen LogP contribution < -0.4 is 0 Å². The third-order valence-electron chi connectivity index (χ3n) is 0.783. The third-order valence-corrected chi connectivity index (χ3v) is 1.71. The van der Waals surface area contributed by atoms with E-state index in [1.807, 2.05) is 0 Å². The maximum absolute atomic E-state index is 10.3. The van der Waals surface area contributed by atoms with Crippen LogP contribution in [0.4, 0.5) is 0 Å². The molecular formula is C3H4N2O3S2. The van der Waals surface area contributed by atoms with E-state index in [1.54, 1.807) is 0 Å². The van der Waals surface area contributed by atoms with E-state index < -0.39 is 15.3 Å². The van der Waals surface area contributed by atoms with Gasteiger partial charge in [-0.1, -0.05) is 0 Å². The van der Waals surface area contributed by atoms with Crippen molar-refractivity contribution >= 4 is 22.7 Å². The van der Waals surface area contributed by atoms with Gasteiger partial charge in [0.05, 0.1) is 11.2 Å². The summed E-state index contributed by atoms with van der Waals surface area (Å²) in [5.41, 5.74) is 0. The highest BCUT2D eigenvalue weighted by Gasteiger charge is 2.12. The van der Waals surface area contributed by atoms with Crippen LogP contribution in [0.1, 0.15) is 0 Å². The summed E-state index contributed by atoms with van der Waals surface area (Å²) in [4.78, 5) is 5.55. The first-order valence-corrected chi connectivity index (χ1v) is 4.10. The monoisotopic (exact) mass is 180 g/mol. The van der Waals surface area contributed by atoms with Gasteiger partial charge in [-0.15, -0.1) is 12.6 Å². The lowest BCUT2D eigenvalue weighted by Gasteiger charge is -1.85. The predicted molar refractivity (Wildman–Crippen MR) is 35.7 cm³/mol. The van der Waals surface area contributed by atoms with Crippen LogP contribution in [0.5, 0.6) is 0 Å². The van der Waals surface area contributed by atoms with E-state index >= 15 is 0 Å². The Balaban J connectivity index is 3.21. The van der Waals surface area contributed by atoms with Crippen molar-refractivity contribution in [3.05, 3.63) is 6.20 Å². The molecule has 0 saturated heterocycles. The van der Waals surface area contributed by atoms with Crippen molar-refractivity contribution in [3.63, 3.8) is 0 Å². The first-order valence-electron chi connectivity index (χ1n) is 2.21. The van der Waals surface area contributed by atoms with Gasteiger partial charge in [-0.3, -0.25) is 4.55 Å². The van der Waals surface area contributed by atoms with Crippen LogP contribution in [0.2, 0.25) is 0 Å². The summed E-state index contributed by atoms with van der Waals surface area (Å²) in [6, 6.07) is 0. The van der Waals surface area contributed by atoms with Crippen LogP contribution in [0, 0.1) is 0 Å². The number of thiol groups is 1. The van der Waals surface area contributed by atoms with Gasteiger partial charge < -0.3 is 4.98 Å². The standard InChI is InChI=1S/C3H4N2O3S2/c6-10(7,8)3-4-1-2(9)5-3/h1,9H,(H,4,5)(H,6,7,8). The molecule has 5 nitrogen and oxygen atoms in total. The highest BCUT2D eigenvalue weighted by atomic mass is 32.2. The SMILES string of the molecule is O=S(=O)(O)c1ncc(S)[nH]1. The lowest BCUT2D eigenvalue weighted by atomic mass is 11.0. The van der Waals surface area contributed by atoms with Gasteiger partial charge in [0.15, 0.2) is 0 Å². The fourth-order valence-corrected chi connectivity index (χ4v) is 1.09. The second kappa shape index (κ2) is 2.26. The van der Waals surface area contributed by atoms with Crippen LogP contribution >= 0.6 is 12.6 Å². The number of imidazole rings is 1. The lowest BCUT2D eigenvalue weighted by Crippen LogP contribution is -1.99. The quantitative estimate of drug-likeness (QED) is 0.418. The highest BCUT2D eigenvalue weighted by molar-refractivity contribution is 7.85. The fraction of sp³-hybridized carbons (Fsp3) is 0. The van der Waals surface area contributed by atoms with Gasteiger partial charge in [-0.2, -0.15) is 8.42 Å². The minimum absolute atomic E-state index is 0.285. The summed E-state index contributed by atoms with van der Waals surface area (Å²) in [6.07, 6.45) is 1.19. The maximum atomic E-state index is 10.3. The Morgan fingerprint density at radius 2 is 2.30 bits per heavy atom. The minimum atomic E-state index is -4.20. The smallest absolute Gasteiger partial charge is 0.322 e. The van der Waals surface area contributed by atoms with Crippen molar-refractivity contribution in [2.75, 3.05) is 0 Å². The molecule has 0 amide bonds. The molecule has 1 rings (SSSR count). The molecule has 0 aromatic carbocycles. The number of hydrogen-bond donors (Lipinski definition) is 3. The molecule has 0 bridgehead atoms. The zero-order valence-corrected chi connectivity index (χ0v) is 6.35. The Hall–Kier alpha value is -0.530. The van der Waals surface area contributed by atoms with Crippen molar-refractivity contribution in [3.8, 4) is 0 Å². The first kappa shape index (κ1) is 7.58. The number of rotatable bonds is 1. The molecule has 0 spiro atoms. The van der Waals surface area contributed by atoms with E-state index in [0.29, 0.717) is 0 Å². The molecule has 0 atom stereocenters. The molecular weight excluding hydrogens is 176 g/mol. The van der Waals surface area contributed by atoms with Crippen molar-refractivity contribution in [1.29, 1.82) is 0 Å². The average molecular weight is 180 g/mol. The molecule has 0 aliphatic heterocycles. The molecule has 56 valence electrons. The zero-order valence-electron chi connectivity index (χ0n) is 4.64. The maximum Gasteiger partial charge on any atom is 0.328 e. The summed E-state index contributed by atoms with van der Waals surface area (Å²) in [5.74, 6) is 0. The Morgan fingerprint density at radius 3 is 2.50 bits per heavy atom. The third kappa shape index (κ3) is 1.49. The number of nitrogens with one attached hydrogen (secondary N) is 1. The number of H-pyrrole nitrogens is 1. The normalized spacial score (nSPS) is 11.8. The molecule has 0 radical (unpaired) electrons. The molecule has 2 N–H and O–H groups in total. The van der Waals surface area contributed by atoms with Crippen molar-refractivity contribution in [2.24, 2.45) is 0 Å². The second-order valence-electron chi connectivity index (χ2n) is 1.55. The second-order valence-corrected chi connectivity index (χ2v) is 3.37. The minimum Gasteiger partial charge on any atom is -0.322 e. The molecule has 0 saturated carbocycles. The molecule has 1 aromatic rings. The molecule has 0 aliphatic carbocycles. The van der Waals surface area contributed by atoms with Gasteiger partial charge in [-0.25, -0.2) is 4.98 Å². The number of aromatic amines is 1. The van der Waals surface area contributed by atoms with Crippen LogP contribution in [0.25, 0.3) is 0 Å². The number of hydrogen-bond acceptors (Lipinski definition) is 4. The topological polar surface area (TPSA) is 83.1 Å². The summed E-state index contributed by atoms with van der Waals surface area (Å²) >= 11 is 3.74. The zero-order chi connectivity index (χ0) is 7.78. The van der Waals surface area contributed by atoms with Crippen molar-refractivity contribution in [2.45, 2.75) is 10.2 Å². The fourth-order valence-electron chi connectivity index (χ4n) is 0.425. The average Bonchev–Trinajstić information content (AvgIpc) is 2.11. The first-order chi connectivity index (χ1) is 4.50. The number of aromatic nitrogens is 2. The summed E-state index contributed by atoms with van der Waals surface area (Å²) in [5, 5.41) is -0.204. The van der Waals surface area contributed by atoms with Crippen LogP contribution in [0.3, 0.4) is 0 Å². The molecule has 1 aromatic heterocycles. The van der Waals surface area contributed by atoms with E-state index in [9.17, 15) is 8.42 Å². The van der Waals surface area contributed by atoms with E-state index in [-0.39, 0.29) is 5.03 Å². The van der Waals surface area contributed by atoms with Gasteiger partial charge in [0.2, 0.25) is 0 Å². The predicted octanol–water partition coefficient (Wildman–Crippen LogP) is -0.0549. The van der Waals surface area contributed by atoms with Crippen LogP contribution in [-0.2, 0) is 10.1 Å². The van der Waals surface area contributed by atoms with Gasteiger partial charge >= 0.3 is 10.1 Å². The molecule has 1 heterocycles. The van der Waals surface area contributed by atoms with E-state index in [1.165, 1.54) is 6.20 Å². The van der Waals surface area contributed by atoms with E-state index in [2.05, 4.69) is 22.6 Å². The van der Waals surface area contributed by atoms with E-state index in [0.717, 1.165) is 0 Å².